The minimum atomic E-state index is -1.04. The van der Waals surface area contributed by atoms with E-state index >= 15 is 0 Å². The van der Waals surface area contributed by atoms with Crippen LogP contribution in [0.4, 0.5) is 10.5 Å². The first-order chi connectivity index (χ1) is 16.4. The molecular formula is C24H21ClN4O5. The second-order valence-electron chi connectivity index (χ2n) is 7.47. The van der Waals surface area contributed by atoms with E-state index in [0.717, 1.165) is 16.7 Å². The Balaban J connectivity index is 1.41. The lowest BCUT2D eigenvalue weighted by Crippen LogP contribution is -2.16. The van der Waals surface area contributed by atoms with Gasteiger partial charge < -0.3 is 18.9 Å². The first kappa shape index (κ1) is 23.1. The highest BCUT2D eigenvalue weighted by Crippen LogP contribution is 2.30. The Hall–Kier alpha value is -4.11. The number of halogens is 1. The summed E-state index contributed by atoms with van der Waals surface area (Å²) in [5.74, 6) is -0.603. The Bertz CT molecular complexity index is 1310. The zero-order chi connectivity index (χ0) is 24.1. The normalized spacial score (nSPS) is 10.8. The van der Waals surface area contributed by atoms with E-state index in [9.17, 15) is 14.7 Å². The van der Waals surface area contributed by atoms with Crippen LogP contribution >= 0.6 is 11.6 Å². The Morgan fingerprint density at radius 1 is 1.18 bits per heavy atom. The maximum absolute atomic E-state index is 12.3. The molecule has 0 fully saturated rings. The zero-order valence-electron chi connectivity index (χ0n) is 18.2. The summed E-state index contributed by atoms with van der Waals surface area (Å²) in [6.07, 6.45) is 2.64. The van der Waals surface area contributed by atoms with Crippen LogP contribution < -0.4 is 5.32 Å². The first-order valence-corrected chi connectivity index (χ1v) is 10.8. The van der Waals surface area contributed by atoms with Gasteiger partial charge in [-0.15, -0.1) is 0 Å². The van der Waals surface area contributed by atoms with E-state index in [0.29, 0.717) is 35.1 Å². The number of carboxylic acid groups (broad SMARTS) is 1. The number of hydrogen-bond acceptors (Lipinski definition) is 6. The molecule has 0 saturated heterocycles. The minimum absolute atomic E-state index is 0.107. The lowest BCUT2D eigenvalue weighted by atomic mass is 10.1. The number of ether oxygens (including phenoxy) is 1. The Morgan fingerprint density at radius 2 is 1.94 bits per heavy atom. The van der Waals surface area contributed by atoms with Gasteiger partial charge in [0.2, 0.25) is 0 Å². The summed E-state index contributed by atoms with van der Waals surface area (Å²) in [4.78, 5) is 27.5. The summed E-state index contributed by atoms with van der Waals surface area (Å²) < 4.78 is 12.1. The van der Waals surface area contributed by atoms with Crippen molar-refractivity contribution in [3.63, 3.8) is 0 Å². The van der Waals surface area contributed by atoms with Crippen molar-refractivity contribution < 1.29 is 24.0 Å². The molecule has 10 heteroatoms. The average Bonchev–Trinajstić information content (AvgIpc) is 3.43. The Labute approximate surface area is 199 Å². The number of imidazole rings is 1. The molecule has 0 radical (unpaired) electrons. The van der Waals surface area contributed by atoms with Crippen LogP contribution in [0.25, 0.3) is 11.3 Å². The van der Waals surface area contributed by atoms with Crippen molar-refractivity contribution in [2.75, 3.05) is 11.9 Å². The van der Waals surface area contributed by atoms with Crippen LogP contribution in [0, 0.1) is 6.92 Å². The molecule has 9 nitrogen and oxygen atoms in total. The first-order valence-electron chi connectivity index (χ1n) is 10.4. The molecule has 0 unspecified atom stereocenters. The van der Waals surface area contributed by atoms with Gasteiger partial charge in [-0.3, -0.25) is 5.32 Å². The highest BCUT2D eigenvalue weighted by molar-refractivity contribution is 6.31. The van der Waals surface area contributed by atoms with Gasteiger partial charge in [-0.2, -0.15) is 0 Å². The largest absolute Gasteiger partial charge is 0.477 e. The molecule has 2 aromatic heterocycles. The molecule has 1 amide bonds. The number of nitrogens with zero attached hydrogens (tertiary/aromatic N) is 3. The summed E-state index contributed by atoms with van der Waals surface area (Å²) >= 11 is 6.13. The molecule has 0 bridgehead atoms. The lowest BCUT2D eigenvalue weighted by Gasteiger charge is -2.09. The topological polar surface area (TPSA) is 119 Å². The molecule has 0 aliphatic carbocycles. The number of amides is 1. The van der Waals surface area contributed by atoms with Gasteiger partial charge >= 0.3 is 12.1 Å². The van der Waals surface area contributed by atoms with E-state index in [1.54, 1.807) is 17.6 Å². The van der Waals surface area contributed by atoms with Gasteiger partial charge in [-0.1, -0.05) is 59.2 Å². The van der Waals surface area contributed by atoms with Gasteiger partial charge in [0.25, 0.3) is 0 Å². The van der Waals surface area contributed by atoms with E-state index < -0.39 is 12.1 Å². The molecule has 0 spiro atoms. The quantitative estimate of drug-likeness (QED) is 0.362. The molecule has 34 heavy (non-hydrogen) atoms. The van der Waals surface area contributed by atoms with Crippen molar-refractivity contribution in [2.24, 2.45) is 0 Å². The van der Waals surface area contributed by atoms with E-state index in [-0.39, 0.29) is 12.3 Å². The molecule has 4 aromatic rings. The second-order valence-corrected chi connectivity index (χ2v) is 7.88. The van der Waals surface area contributed by atoms with Crippen molar-refractivity contribution in [3.8, 4) is 11.3 Å². The van der Waals surface area contributed by atoms with Crippen LogP contribution in [0.1, 0.15) is 27.4 Å². The highest BCUT2D eigenvalue weighted by atomic mass is 35.5. The number of carbonyl (C=O) groups excluding carboxylic acids is 1. The number of anilines is 1. The molecule has 174 valence electrons. The van der Waals surface area contributed by atoms with E-state index in [2.05, 4.69) is 15.5 Å². The van der Waals surface area contributed by atoms with Crippen LogP contribution in [0.15, 0.2) is 65.6 Å². The predicted octanol–water partition coefficient (Wildman–Crippen LogP) is 5.04. The summed E-state index contributed by atoms with van der Waals surface area (Å²) in [5.41, 5.74) is 3.47. The Morgan fingerprint density at radius 3 is 2.68 bits per heavy atom. The van der Waals surface area contributed by atoms with Gasteiger partial charge in [0.1, 0.15) is 17.1 Å². The van der Waals surface area contributed by atoms with Crippen LogP contribution in [0.5, 0.6) is 0 Å². The van der Waals surface area contributed by atoms with Crippen LogP contribution in [-0.2, 0) is 17.7 Å². The zero-order valence-corrected chi connectivity index (χ0v) is 19.0. The van der Waals surface area contributed by atoms with Crippen molar-refractivity contribution >= 4 is 29.4 Å². The Kier molecular flexibility index (Phi) is 6.93. The molecule has 2 N–H and O–H groups in total. The second kappa shape index (κ2) is 10.2. The van der Waals surface area contributed by atoms with E-state index in [1.165, 1.54) is 12.5 Å². The fourth-order valence-electron chi connectivity index (χ4n) is 3.40. The maximum Gasteiger partial charge on any atom is 0.411 e. The van der Waals surface area contributed by atoms with Crippen molar-refractivity contribution in [1.82, 2.24) is 14.7 Å². The smallest absolute Gasteiger partial charge is 0.411 e. The molecule has 2 aromatic carbocycles. The maximum atomic E-state index is 12.3. The molecule has 0 atom stereocenters. The highest BCUT2D eigenvalue weighted by Gasteiger charge is 2.18. The van der Waals surface area contributed by atoms with Gasteiger partial charge in [0.15, 0.2) is 5.76 Å². The molecule has 0 aliphatic heterocycles. The van der Waals surface area contributed by atoms with Gasteiger partial charge in [-0.25, -0.2) is 14.6 Å². The van der Waals surface area contributed by atoms with Gasteiger partial charge in [0, 0.05) is 23.6 Å². The molecule has 0 aliphatic rings. The number of nitrogens with one attached hydrogen (secondary N) is 1. The number of rotatable bonds is 8. The minimum Gasteiger partial charge on any atom is -0.477 e. The third kappa shape index (κ3) is 5.26. The number of benzene rings is 2. The van der Waals surface area contributed by atoms with E-state index in [4.69, 9.17) is 20.9 Å². The standard InChI is InChI=1S/C24H21ClN4O5/c1-15-21(27-24(32)33-11-10-17-4-2-3-5-19(17)25)22(28-34-15)18-8-6-16(7-9-18)13-29-14-26-12-20(29)23(30)31/h2-9,12,14H,10-11,13H2,1H3,(H,27,32)(H,30,31). The van der Waals surface area contributed by atoms with Gasteiger partial charge in [0.05, 0.1) is 19.1 Å². The molecule has 2 heterocycles. The van der Waals surface area contributed by atoms with Crippen molar-refractivity contribution in [1.29, 1.82) is 0 Å². The molecule has 0 saturated carbocycles. The molecule has 4 rings (SSSR count). The molecular weight excluding hydrogens is 460 g/mol. The third-order valence-corrected chi connectivity index (χ3v) is 5.53. The van der Waals surface area contributed by atoms with Gasteiger partial charge in [-0.05, 0) is 24.1 Å². The lowest BCUT2D eigenvalue weighted by molar-refractivity contribution is 0.0685. The fourth-order valence-corrected chi connectivity index (χ4v) is 3.63. The van der Waals surface area contributed by atoms with Crippen LogP contribution in [0.3, 0.4) is 0 Å². The number of aromatic nitrogens is 3. The van der Waals surface area contributed by atoms with Crippen molar-refractivity contribution in [2.45, 2.75) is 19.9 Å². The number of carboxylic acids is 1. The SMILES string of the molecule is Cc1onc(-c2ccc(Cn3cncc3C(=O)O)cc2)c1NC(=O)OCCc1ccccc1Cl. The van der Waals surface area contributed by atoms with E-state index in [1.807, 2.05) is 42.5 Å². The number of aryl methyl sites for hydroxylation is 1. The predicted molar refractivity (Wildman–Crippen MR) is 125 cm³/mol. The van der Waals surface area contributed by atoms with Crippen LogP contribution in [0.2, 0.25) is 5.02 Å². The summed E-state index contributed by atoms with van der Waals surface area (Å²) in [6.45, 7) is 2.20. The number of aromatic carboxylic acids is 1. The summed E-state index contributed by atoms with van der Waals surface area (Å²) in [5, 5.41) is 16.6. The van der Waals surface area contributed by atoms with Crippen LogP contribution in [-0.4, -0.2) is 38.5 Å². The average molecular weight is 481 g/mol. The number of carbonyl (C=O) groups is 2. The fraction of sp³-hybridized carbons (Fsp3) is 0.167. The summed E-state index contributed by atoms with van der Waals surface area (Å²) in [6, 6.07) is 14.7. The number of hydrogen-bond donors (Lipinski definition) is 2. The van der Waals surface area contributed by atoms with Crippen molar-refractivity contribution in [3.05, 3.63) is 88.7 Å². The monoisotopic (exact) mass is 480 g/mol. The third-order valence-electron chi connectivity index (χ3n) is 5.16. The summed E-state index contributed by atoms with van der Waals surface area (Å²) in [7, 11) is 0.